The van der Waals surface area contributed by atoms with Gasteiger partial charge in [0.2, 0.25) is 5.91 Å². The van der Waals surface area contributed by atoms with Crippen LogP contribution in [0.5, 0.6) is 0 Å². The largest absolute Gasteiger partial charge is 0.385 e. The molecular weight excluding hydrogens is 192 g/mol. The number of hydrogen-bond donors (Lipinski definition) is 1. The summed E-state index contributed by atoms with van der Waals surface area (Å²) in [5.41, 5.74) is 5.80. The fraction of sp³-hybridized carbons (Fsp3) is 0.909. The predicted molar refractivity (Wildman–Crippen MR) is 59.4 cm³/mol. The molecule has 0 aliphatic carbocycles. The quantitative estimate of drug-likeness (QED) is 0.746. The summed E-state index contributed by atoms with van der Waals surface area (Å²) in [6.07, 6.45) is 2.81. The molecule has 0 bridgehead atoms. The first kappa shape index (κ1) is 12.5. The van der Waals surface area contributed by atoms with E-state index in [1.54, 1.807) is 7.11 Å². The van der Waals surface area contributed by atoms with Crippen LogP contribution in [0.2, 0.25) is 0 Å². The van der Waals surface area contributed by atoms with Gasteiger partial charge in [-0.05, 0) is 25.2 Å². The molecule has 0 saturated carbocycles. The molecule has 1 aliphatic heterocycles. The third-order valence-electron chi connectivity index (χ3n) is 3.05. The first-order valence-corrected chi connectivity index (χ1v) is 5.68. The number of nitrogens with two attached hydrogens (primary N) is 1. The highest BCUT2D eigenvalue weighted by atomic mass is 16.5. The summed E-state index contributed by atoms with van der Waals surface area (Å²) >= 11 is 0. The number of hydrogen-bond acceptors (Lipinski definition) is 3. The Morgan fingerprint density at radius 1 is 1.53 bits per heavy atom. The molecule has 0 aromatic carbocycles. The summed E-state index contributed by atoms with van der Waals surface area (Å²) in [5, 5.41) is 0. The minimum atomic E-state index is -0.390. The lowest BCUT2D eigenvalue weighted by Gasteiger charge is -2.32. The summed E-state index contributed by atoms with van der Waals surface area (Å²) in [4.78, 5) is 13.7. The molecule has 4 heteroatoms. The Bertz CT molecular complexity index is 201. The minimum absolute atomic E-state index is 0.0824. The number of nitrogens with zero attached hydrogens (tertiary/aromatic N) is 1. The van der Waals surface area contributed by atoms with E-state index >= 15 is 0 Å². The summed E-state index contributed by atoms with van der Waals surface area (Å²) in [6.45, 7) is 4.51. The van der Waals surface area contributed by atoms with Crippen LogP contribution in [0.25, 0.3) is 0 Å². The molecule has 1 saturated heterocycles. The van der Waals surface area contributed by atoms with E-state index in [9.17, 15) is 4.79 Å². The zero-order valence-electron chi connectivity index (χ0n) is 9.74. The van der Waals surface area contributed by atoms with Gasteiger partial charge in [0.25, 0.3) is 0 Å². The molecule has 1 heterocycles. The summed E-state index contributed by atoms with van der Waals surface area (Å²) in [6, 6.07) is -0.390. The number of likely N-dealkylation sites (tertiary alicyclic amines) is 1. The van der Waals surface area contributed by atoms with Crippen LogP contribution in [0.1, 0.15) is 26.2 Å². The average molecular weight is 214 g/mol. The molecule has 1 atom stereocenters. The fourth-order valence-corrected chi connectivity index (χ4v) is 1.83. The van der Waals surface area contributed by atoms with Gasteiger partial charge in [-0.1, -0.05) is 6.92 Å². The number of carbonyl (C=O) groups excluding carboxylic acids is 1. The van der Waals surface area contributed by atoms with Crippen LogP contribution >= 0.6 is 0 Å². The Hall–Kier alpha value is -0.610. The van der Waals surface area contributed by atoms with Crippen LogP contribution in [-0.2, 0) is 9.53 Å². The van der Waals surface area contributed by atoms with Crippen molar-refractivity contribution in [2.75, 3.05) is 26.8 Å². The lowest BCUT2D eigenvalue weighted by atomic mass is 9.98. The highest BCUT2D eigenvalue weighted by Crippen LogP contribution is 2.16. The van der Waals surface area contributed by atoms with Crippen LogP contribution < -0.4 is 5.73 Å². The van der Waals surface area contributed by atoms with Crippen molar-refractivity contribution in [3.63, 3.8) is 0 Å². The van der Waals surface area contributed by atoms with Crippen LogP contribution in [0.4, 0.5) is 0 Å². The van der Waals surface area contributed by atoms with Gasteiger partial charge in [0.05, 0.1) is 6.04 Å². The Balaban J connectivity index is 2.32. The van der Waals surface area contributed by atoms with Crippen molar-refractivity contribution < 1.29 is 9.53 Å². The lowest BCUT2D eigenvalue weighted by molar-refractivity contribution is -0.134. The second kappa shape index (κ2) is 6.08. The van der Waals surface area contributed by atoms with Gasteiger partial charge < -0.3 is 15.4 Å². The van der Waals surface area contributed by atoms with E-state index in [1.807, 2.05) is 4.90 Å². The maximum Gasteiger partial charge on any atom is 0.239 e. The van der Waals surface area contributed by atoms with Gasteiger partial charge in [-0.3, -0.25) is 4.79 Å². The van der Waals surface area contributed by atoms with Crippen molar-refractivity contribution >= 4 is 5.91 Å². The van der Waals surface area contributed by atoms with E-state index < -0.39 is 6.04 Å². The minimum Gasteiger partial charge on any atom is -0.385 e. The second-order valence-electron chi connectivity index (χ2n) is 4.40. The second-order valence-corrected chi connectivity index (χ2v) is 4.40. The highest BCUT2D eigenvalue weighted by Gasteiger charge is 2.24. The third kappa shape index (κ3) is 3.80. The van der Waals surface area contributed by atoms with Gasteiger partial charge in [-0.2, -0.15) is 0 Å². The van der Waals surface area contributed by atoms with Gasteiger partial charge in [0, 0.05) is 26.8 Å². The Kier molecular flexibility index (Phi) is 5.05. The van der Waals surface area contributed by atoms with Crippen molar-refractivity contribution in [2.24, 2.45) is 11.7 Å². The maximum atomic E-state index is 11.9. The molecule has 4 nitrogen and oxygen atoms in total. The van der Waals surface area contributed by atoms with Gasteiger partial charge in [0.15, 0.2) is 0 Å². The smallest absolute Gasteiger partial charge is 0.239 e. The maximum absolute atomic E-state index is 11.9. The van der Waals surface area contributed by atoms with Crippen LogP contribution in [-0.4, -0.2) is 43.7 Å². The zero-order chi connectivity index (χ0) is 11.3. The average Bonchev–Trinajstić information content (AvgIpc) is 2.26. The number of methoxy groups -OCH3 is 1. The van der Waals surface area contributed by atoms with Crippen molar-refractivity contribution in [1.29, 1.82) is 0 Å². The molecule has 1 unspecified atom stereocenters. The third-order valence-corrected chi connectivity index (χ3v) is 3.05. The Labute approximate surface area is 91.8 Å². The van der Waals surface area contributed by atoms with Gasteiger partial charge in [-0.25, -0.2) is 0 Å². The standard InChI is InChI=1S/C11H22N2O2/c1-9-3-6-13(7-4-9)11(14)10(12)5-8-15-2/h9-10H,3-8,12H2,1-2H3. The predicted octanol–water partition coefficient (Wildman–Crippen LogP) is 0.609. The van der Waals surface area contributed by atoms with Crippen molar-refractivity contribution in [2.45, 2.75) is 32.2 Å². The Morgan fingerprint density at radius 2 is 2.13 bits per heavy atom. The fourth-order valence-electron chi connectivity index (χ4n) is 1.83. The van der Waals surface area contributed by atoms with Crippen LogP contribution in [0.3, 0.4) is 0 Å². The molecule has 88 valence electrons. The van der Waals surface area contributed by atoms with E-state index in [2.05, 4.69) is 6.92 Å². The molecule has 1 amide bonds. The van der Waals surface area contributed by atoms with Crippen LogP contribution in [0.15, 0.2) is 0 Å². The first-order chi connectivity index (χ1) is 7.15. The lowest BCUT2D eigenvalue weighted by Crippen LogP contribution is -2.47. The number of carbonyl (C=O) groups is 1. The molecule has 0 aromatic rings. The van der Waals surface area contributed by atoms with E-state index in [-0.39, 0.29) is 5.91 Å². The molecule has 2 N–H and O–H groups in total. The first-order valence-electron chi connectivity index (χ1n) is 5.68. The van der Waals surface area contributed by atoms with Gasteiger partial charge in [-0.15, -0.1) is 0 Å². The monoisotopic (exact) mass is 214 g/mol. The van der Waals surface area contributed by atoms with Crippen molar-refractivity contribution in [3.8, 4) is 0 Å². The number of amides is 1. The molecule has 0 aromatic heterocycles. The number of ether oxygens (including phenoxy) is 1. The molecule has 0 spiro atoms. The summed E-state index contributed by atoms with van der Waals surface area (Å²) < 4.78 is 4.92. The van der Waals surface area contributed by atoms with Crippen LogP contribution in [0, 0.1) is 5.92 Å². The van der Waals surface area contributed by atoms with Crippen molar-refractivity contribution in [1.82, 2.24) is 4.90 Å². The SMILES string of the molecule is COCCC(N)C(=O)N1CCC(C)CC1. The molecule has 1 fully saturated rings. The highest BCUT2D eigenvalue weighted by molar-refractivity contribution is 5.81. The Morgan fingerprint density at radius 3 is 2.67 bits per heavy atom. The van der Waals surface area contributed by atoms with Gasteiger partial charge in [0.1, 0.15) is 0 Å². The topological polar surface area (TPSA) is 55.6 Å². The zero-order valence-corrected chi connectivity index (χ0v) is 9.74. The summed E-state index contributed by atoms with van der Waals surface area (Å²) in [7, 11) is 1.62. The molecule has 0 radical (unpaired) electrons. The van der Waals surface area contributed by atoms with Gasteiger partial charge >= 0.3 is 0 Å². The van der Waals surface area contributed by atoms with E-state index in [0.717, 1.165) is 31.8 Å². The van der Waals surface area contributed by atoms with E-state index in [4.69, 9.17) is 10.5 Å². The molecule has 1 rings (SSSR count). The van der Waals surface area contributed by atoms with E-state index in [1.165, 1.54) is 0 Å². The molecule has 15 heavy (non-hydrogen) atoms. The van der Waals surface area contributed by atoms with E-state index in [0.29, 0.717) is 13.0 Å². The molecular formula is C11H22N2O2. The molecule has 1 aliphatic rings. The number of piperidine rings is 1. The summed E-state index contributed by atoms with van der Waals surface area (Å²) in [5.74, 6) is 0.822. The normalized spacial score (nSPS) is 20.3. The number of rotatable bonds is 4. The van der Waals surface area contributed by atoms with Crippen molar-refractivity contribution in [3.05, 3.63) is 0 Å².